The molecule has 0 aliphatic carbocycles. The maximum absolute atomic E-state index is 13.7. The molecule has 0 N–H and O–H groups in total. The predicted octanol–water partition coefficient (Wildman–Crippen LogP) is 3.85. The molecule has 0 radical (unpaired) electrons. The van der Waals surface area contributed by atoms with E-state index < -0.39 is 17.9 Å². The fraction of sp³-hybridized carbons (Fsp3) is 0.143. The van der Waals surface area contributed by atoms with Crippen molar-refractivity contribution >= 4 is 0 Å². The molecule has 0 atom stereocenters. The molecule has 1 heterocycles. The van der Waals surface area contributed by atoms with Gasteiger partial charge in [-0.2, -0.15) is 5.26 Å². The minimum Gasteiger partial charge on any atom is -0.406 e. The normalized spacial score (nSPS) is 11.0. The van der Waals surface area contributed by atoms with E-state index in [1.165, 1.54) is 18.2 Å². The summed E-state index contributed by atoms with van der Waals surface area (Å²) in [4.78, 5) is 3.98. The summed E-state index contributed by atoms with van der Waals surface area (Å²) in [6.45, 7) is 0. The molecule has 7 heteroatoms. The number of benzene rings is 1. The molecule has 0 fully saturated rings. The predicted molar refractivity (Wildman–Crippen MR) is 65.6 cm³/mol. The van der Waals surface area contributed by atoms with Crippen LogP contribution in [0.1, 0.15) is 5.69 Å². The van der Waals surface area contributed by atoms with Crippen LogP contribution in [0.3, 0.4) is 0 Å². The highest BCUT2D eigenvalue weighted by atomic mass is 19.4. The molecule has 3 nitrogen and oxygen atoms in total. The zero-order valence-corrected chi connectivity index (χ0v) is 10.5. The Kier molecular flexibility index (Phi) is 4.08. The summed E-state index contributed by atoms with van der Waals surface area (Å²) >= 11 is 0. The van der Waals surface area contributed by atoms with Crippen LogP contribution in [0, 0.1) is 17.1 Å². The van der Waals surface area contributed by atoms with Crippen molar-refractivity contribution < 1.29 is 22.3 Å². The zero-order valence-electron chi connectivity index (χ0n) is 10.5. The Morgan fingerprint density at radius 1 is 1.10 bits per heavy atom. The van der Waals surface area contributed by atoms with Crippen LogP contribution in [0.25, 0.3) is 11.3 Å². The van der Waals surface area contributed by atoms with Gasteiger partial charge in [0.05, 0.1) is 18.2 Å². The molecule has 1 aromatic carbocycles. The molecule has 0 unspecified atom stereocenters. The second-order valence-corrected chi connectivity index (χ2v) is 4.04. The number of nitriles is 1. The van der Waals surface area contributed by atoms with Gasteiger partial charge in [0.15, 0.2) is 0 Å². The number of halogens is 4. The van der Waals surface area contributed by atoms with Gasteiger partial charge in [-0.1, -0.05) is 0 Å². The van der Waals surface area contributed by atoms with Gasteiger partial charge in [-0.05, 0) is 36.4 Å². The third-order valence-electron chi connectivity index (χ3n) is 2.53. The van der Waals surface area contributed by atoms with Crippen LogP contribution in [-0.2, 0) is 6.42 Å². The van der Waals surface area contributed by atoms with Crippen molar-refractivity contribution in [1.82, 2.24) is 4.98 Å². The number of alkyl halides is 3. The summed E-state index contributed by atoms with van der Waals surface area (Å²) < 4.78 is 53.6. The average Bonchev–Trinajstić information content (AvgIpc) is 2.40. The van der Waals surface area contributed by atoms with Gasteiger partial charge in [0.1, 0.15) is 17.3 Å². The van der Waals surface area contributed by atoms with Crippen molar-refractivity contribution in [1.29, 1.82) is 5.26 Å². The standard InChI is InChI=1S/C14H8F4N2O/c15-12-6-3-10(7-8-19)20-13(12)9-1-4-11(5-2-9)21-14(16,17)18/h1-6H,7H2. The van der Waals surface area contributed by atoms with E-state index in [1.807, 2.05) is 6.07 Å². The molecular weight excluding hydrogens is 288 g/mol. The van der Waals surface area contributed by atoms with Crippen LogP contribution < -0.4 is 4.74 Å². The quantitative estimate of drug-likeness (QED) is 0.808. The maximum Gasteiger partial charge on any atom is 0.573 e. The molecule has 0 bridgehead atoms. The van der Waals surface area contributed by atoms with Crippen LogP contribution in [0.15, 0.2) is 36.4 Å². The Morgan fingerprint density at radius 3 is 2.33 bits per heavy atom. The first-order chi connectivity index (χ1) is 9.89. The molecule has 0 saturated carbocycles. The highest BCUT2D eigenvalue weighted by Gasteiger charge is 2.31. The summed E-state index contributed by atoms with van der Waals surface area (Å²) in [5.41, 5.74) is 0.646. The molecule has 2 aromatic rings. The van der Waals surface area contributed by atoms with Gasteiger partial charge in [-0.25, -0.2) is 9.37 Å². The molecule has 1 aromatic heterocycles. The first-order valence-corrected chi connectivity index (χ1v) is 5.77. The third kappa shape index (κ3) is 3.92. The summed E-state index contributed by atoms with van der Waals surface area (Å²) in [6, 6.07) is 9.10. The van der Waals surface area contributed by atoms with Gasteiger partial charge in [0, 0.05) is 5.56 Å². The van der Waals surface area contributed by atoms with Crippen molar-refractivity contribution in [2.75, 3.05) is 0 Å². The largest absolute Gasteiger partial charge is 0.573 e. The number of aromatic nitrogens is 1. The molecule has 0 aliphatic heterocycles. The number of rotatable bonds is 3. The minimum absolute atomic E-state index is 0.0164. The van der Waals surface area contributed by atoms with Gasteiger partial charge < -0.3 is 4.74 Å². The molecule has 0 amide bonds. The number of hydrogen-bond acceptors (Lipinski definition) is 3. The zero-order chi connectivity index (χ0) is 15.5. The van der Waals surface area contributed by atoms with E-state index in [-0.39, 0.29) is 12.1 Å². The number of ether oxygens (including phenoxy) is 1. The van der Waals surface area contributed by atoms with Gasteiger partial charge in [0.25, 0.3) is 0 Å². The lowest BCUT2D eigenvalue weighted by atomic mass is 10.1. The van der Waals surface area contributed by atoms with Crippen LogP contribution in [0.2, 0.25) is 0 Å². The fourth-order valence-electron chi connectivity index (χ4n) is 1.68. The maximum atomic E-state index is 13.7. The summed E-state index contributed by atoms with van der Waals surface area (Å²) in [5, 5.41) is 8.59. The van der Waals surface area contributed by atoms with Gasteiger partial charge in [-0.15, -0.1) is 13.2 Å². The molecule has 21 heavy (non-hydrogen) atoms. The molecule has 0 aliphatic rings. The smallest absolute Gasteiger partial charge is 0.406 e. The van der Waals surface area contributed by atoms with Crippen LogP contribution >= 0.6 is 0 Å². The molecule has 0 saturated heterocycles. The monoisotopic (exact) mass is 296 g/mol. The summed E-state index contributed by atoms with van der Waals surface area (Å²) in [7, 11) is 0. The first kappa shape index (κ1) is 14.8. The van der Waals surface area contributed by atoms with Crippen molar-refractivity contribution in [3.63, 3.8) is 0 Å². The Labute approximate surface area is 117 Å². The lowest BCUT2D eigenvalue weighted by molar-refractivity contribution is -0.274. The van der Waals surface area contributed by atoms with Gasteiger partial charge in [-0.3, -0.25) is 0 Å². The van der Waals surface area contributed by atoms with Crippen LogP contribution in [0.5, 0.6) is 5.75 Å². The van der Waals surface area contributed by atoms with E-state index in [4.69, 9.17) is 5.26 Å². The Balaban J connectivity index is 2.30. The van der Waals surface area contributed by atoms with Crippen molar-refractivity contribution in [3.8, 4) is 23.1 Å². The van der Waals surface area contributed by atoms with E-state index in [2.05, 4.69) is 9.72 Å². The lowest BCUT2D eigenvalue weighted by Crippen LogP contribution is -2.16. The fourth-order valence-corrected chi connectivity index (χ4v) is 1.68. The number of nitrogens with zero attached hydrogens (tertiary/aromatic N) is 2. The van der Waals surface area contributed by atoms with E-state index in [9.17, 15) is 17.6 Å². The Hall–Kier alpha value is -2.62. The van der Waals surface area contributed by atoms with E-state index >= 15 is 0 Å². The third-order valence-corrected chi connectivity index (χ3v) is 2.53. The highest BCUT2D eigenvalue weighted by Crippen LogP contribution is 2.27. The van der Waals surface area contributed by atoms with Crippen molar-refractivity contribution in [2.45, 2.75) is 12.8 Å². The van der Waals surface area contributed by atoms with Crippen molar-refractivity contribution in [3.05, 3.63) is 47.9 Å². The minimum atomic E-state index is -4.78. The van der Waals surface area contributed by atoms with Crippen LogP contribution in [0.4, 0.5) is 17.6 Å². The SMILES string of the molecule is N#CCc1ccc(F)c(-c2ccc(OC(F)(F)F)cc2)n1. The van der Waals surface area contributed by atoms with E-state index in [0.29, 0.717) is 11.3 Å². The molecule has 108 valence electrons. The molecule has 0 spiro atoms. The average molecular weight is 296 g/mol. The van der Waals surface area contributed by atoms with Gasteiger partial charge >= 0.3 is 6.36 Å². The second kappa shape index (κ2) is 5.79. The lowest BCUT2D eigenvalue weighted by Gasteiger charge is -2.09. The van der Waals surface area contributed by atoms with E-state index in [1.54, 1.807) is 0 Å². The second-order valence-electron chi connectivity index (χ2n) is 4.04. The summed E-state index contributed by atoms with van der Waals surface area (Å²) in [5.74, 6) is -1.03. The molecular formula is C14H8F4N2O. The van der Waals surface area contributed by atoms with Crippen molar-refractivity contribution in [2.24, 2.45) is 0 Å². The van der Waals surface area contributed by atoms with Gasteiger partial charge in [0.2, 0.25) is 0 Å². The topological polar surface area (TPSA) is 45.9 Å². The summed E-state index contributed by atoms with van der Waals surface area (Å²) in [6.07, 6.45) is -4.76. The highest BCUT2D eigenvalue weighted by molar-refractivity contribution is 5.61. The Morgan fingerprint density at radius 2 is 1.76 bits per heavy atom. The molecule has 2 rings (SSSR count). The van der Waals surface area contributed by atoms with Crippen LogP contribution in [-0.4, -0.2) is 11.3 Å². The number of pyridine rings is 1. The Bertz CT molecular complexity index is 675. The van der Waals surface area contributed by atoms with E-state index in [0.717, 1.165) is 18.2 Å². The first-order valence-electron chi connectivity index (χ1n) is 5.77. The number of hydrogen-bond donors (Lipinski definition) is 0.